The quantitative estimate of drug-likeness (QED) is 0.291. The fraction of sp³-hybridized carbons (Fsp3) is 0.406. The summed E-state index contributed by atoms with van der Waals surface area (Å²) in [6.45, 7) is 7.86. The summed E-state index contributed by atoms with van der Waals surface area (Å²) >= 11 is 5.40. The normalized spacial score (nSPS) is 28.2. The highest BCUT2D eigenvalue weighted by Crippen LogP contribution is 2.68. The molecule has 3 saturated heterocycles. The third-order valence-corrected chi connectivity index (χ3v) is 11.9. The number of aliphatic hydroxyl groups is 1. The minimum absolute atomic E-state index is 0.0639. The van der Waals surface area contributed by atoms with Crippen LogP contribution in [-0.4, -0.2) is 87.3 Å². The van der Waals surface area contributed by atoms with E-state index in [2.05, 4.69) is 29.1 Å². The summed E-state index contributed by atoms with van der Waals surface area (Å²) in [4.78, 5) is 48.1. The van der Waals surface area contributed by atoms with Crippen molar-refractivity contribution in [1.29, 1.82) is 0 Å². The standard InChI is InChI=1S/C32H36BrN3O5S/c1-5-16-34(3)29(38)25-26-30(39)36(24(19-37)20-10-8-7-9-11-20)28(32(26)18-23(33)27(25)42-32)31(40)35(17-6-2)21-12-14-22(41-4)15-13-21/h5-15,23-28,37H,1-2,16-19H2,3-4H3/t23?,24-,25+,26+,27+,28?,32?/m1/s1. The maximum Gasteiger partial charge on any atom is 0.251 e. The fourth-order valence-corrected chi connectivity index (χ4v) is 10.5. The number of hydrogen-bond donors (Lipinski definition) is 1. The lowest BCUT2D eigenvalue weighted by molar-refractivity contribution is -0.144. The van der Waals surface area contributed by atoms with Crippen molar-refractivity contribution in [3.63, 3.8) is 0 Å². The van der Waals surface area contributed by atoms with Crippen LogP contribution in [0.25, 0.3) is 0 Å². The first kappa shape index (κ1) is 30.4. The second kappa shape index (κ2) is 12.3. The van der Waals surface area contributed by atoms with Crippen LogP contribution in [-0.2, 0) is 14.4 Å². The van der Waals surface area contributed by atoms with Gasteiger partial charge in [-0.25, -0.2) is 0 Å². The van der Waals surface area contributed by atoms with Crippen LogP contribution in [0, 0.1) is 11.8 Å². The predicted molar refractivity (Wildman–Crippen MR) is 169 cm³/mol. The molecule has 3 heterocycles. The number of likely N-dealkylation sites (N-methyl/N-ethyl adjacent to an activating group) is 1. The summed E-state index contributed by atoms with van der Waals surface area (Å²) in [6, 6.07) is 14.8. The molecule has 3 fully saturated rings. The summed E-state index contributed by atoms with van der Waals surface area (Å²) in [5.41, 5.74) is 1.36. The van der Waals surface area contributed by atoms with Crippen LogP contribution >= 0.6 is 27.7 Å². The Hall–Kier alpha value is -3.08. The number of benzene rings is 2. The van der Waals surface area contributed by atoms with E-state index in [-0.39, 0.29) is 41.0 Å². The molecule has 3 aliphatic rings. The van der Waals surface area contributed by atoms with Crippen LogP contribution in [0.3, 0.4) is 0 Å². The van der Waals surface area contributed by atoms with Crippen LogP contribution in [0.4, 0.5) is 5.69 Å². The molecule has 3 amide bonds. The average Bonchev–Trinajstić information content (AvgIpc) is 3.60. The van der Waals surface area contributed by atoms with Crippen molar-refractivity contribution < 1.29 is 24.2 Å². The maximum atomic E-state index is 14.9. The van der Waals surface area contributed by atoms with Gasteiger partial charge in [0.2, 0.25) is 11.8 Å². The number of likely N-dealkylation sites (tertiary alicyclic amines) is 1. The zero-order valence-corrected chi connectivity index (χ0v) is 26.2. The van der Waals surface area contributed by atoms with Gasteiger partial charge in [0.25, 0.3) is 5.91 Å². The van der Waals surface area contributed by atoms with Gasteiger partial charge in [0.05, 0.1) is 36.3 Å². The number of anilines is 1. The number of amides is 3. The van der Waals surface area contributed by atoms with Crippen LogP contribution in [0.15, 0.2) is 79.9 Å². The van der Waals surface area contributed by atoms with Crippen LogP contribution in [0.5, 0.6) is 5.75 Å². The molecular weight excluding hydrogens is 618 g/mol. The first-order valence-corrected chi connectivity index (χ1v) is 15.8. The third-order valence-electron chi connectivity index (χ3n) is 8.68. The molecule has 0 saturated carbocycles. The van der Waals surface area contributed by atoms with E-state index >= 15 is 0 Å². The number of ether oxygens (including phenoxy) is 1. The van der Waals surface area contributed by atoms with Gasteiger partial charge in [-0.3, -0.25) is 14.4 Å². The van der Waals surface area contributed by atoms with E-state index in [1.54, 1.807) is 77.0 Å². The van der Waals surface area contributed by atoms with E-state index in [4.69, 9.17) is 4.74 Å². The van der Waals surface area contributed by atoms with Gasteiger partial charge >= 0.3 is 0 Å². The van der Waals surface area contributed by atoms with E-state index in [1.807, 2.05) is 30.3 Å². The number of nitrogens with zero attached hydrogens (tertiary/aromatic N) is 3. The van der Waals surface area contributed by atoms with E-state index in [0.717, 1.165) is 5.56 Å². The van der Waals surface area contributed by atoms with Crippen LogP contribution < -0.4 is 9.64 Å². The van der Waals surface area contributed by atoms with Crippen LogP contribution in [0.2, 0.25) is 0 Å². The minimum atomic E-state index is -0.924. The molecule has 0 aromatic heterocycles. The molecule has 10 heteroatoms. The molecule has 1 spiro atoms. The zero-order valence-electron chi connectivity index (χ0n) is 23.8. The number of carbonyl (C=O) groups excluding carboxylic acids is 3. The smallest absolute Gasteiger partial charge is 0.251 e. The Morgan fingerprint density at radius 2 is 1.81 bits per heavy atom. The van der Waals surface area contributed by atoms with Crippen molar-refractivity contribution >= 4 is 51.1 Å². The summed E-state index contributed by atoms with van der Waals surface area (Å²) in [6.07, 6.45) is 3.86. The molecule has 1 N–H and O–H groups in total. The van der Waals surface area contributed by atoms with Crippen molar-refractivity contribution in [2.45, 2.75) is 33.3 Å². The largest absolute Gasteiger partial charge is 0.497 e. The molecule has 0 aliphatic carbocycles. The second-order valence-corrected chi connectivity index (χ2v) is 13.7. The first-order valence-electron chi connectivity index (χ1n) is 14.0. The Labute approximate surface area is 259 Å². The molecule has 2 aromatic rings. The van der Waals surface area contributed by atoms with Gasteiger partial charge in [-0.05, 0) is 36.2 Å². The number of hydrogen-bond acceptors (Lipinski definition) is 6. The molecule has 2 bridgehead atoms. The number of thioether (sulfide) groups is 1. The summed E-state index contributed by atoms with van der Waals surface area (Å²) < 4.78 is 4.45. The lowest BCUT2D eigenvalue weighted by atomic mass is 9.70. The summed E-state index contributed by atoms with van der Waals surface area (Å²) in [5.74, 6) is -1.36. The molecule has 5 rings (SSSR count). The Morgan fingerprint density at radius 1 is 1.14 bits per heavy atom. The van der Waals surface area contributed by atoms with Crippen molar-refractivity contribution in [2.24, 2.45) is 11.8 Å². The molecule has 2 aromatic carbocycles. The highest BCUT2D eigenvalue weighted by atomic mass is 79.9. The number of alkyl halides is 1. The second-order valence-electron chi connectivity index (χ2n) is 11.0. The fourth-order valence-electron chi connectivity index (χ4n) is 6.89. The average molecular weight is 655 g/mol. The van der Waals surface area contributed by atoms with E-state index < -0.39 is 28.7 Å². The molecule has 222 valence electrons. The van der Waals surface area contributed by atoms with Crippen molar-refractivity contribution in [3.05, 3.63) is 85.5 Å². The lowest BCUT2D eigenvalue weighted by Crippen LogP contribution is -2.56. The number of halogens is 1. The summed E-state index contributed by atoms with van der Waals surface area (Å²) in [5, 5.41) is 10.6. The predicted octanol–water partition coefficient (Wildman–Crippen LogP) is 4.06. The molecule has 8 nitrogen and oxygen atoms in total. The Kier molecular flexibility index (Phi) is 8.87. The lowest BCUT2D eigenvalue weighted by Gasteiger charge is -2.40. The molecular formula is C32H36BrN3O5S. The Morgan fingerprint density at radius 3 is 2.40 bits per heavy atom. The maximum absolute atomic E-state index is 14.9. The van der Waals surface area contributed by atoms with Crippen molar-refractivity contribution in [1.82, 2.24) is 9.80 Å². The van der Waals surface area contributed by atoms with E-state index in [9.17, 15) is 19.5 Å². The molecule has 0 radical (unpaired) electrons. The minimum Gasteiger partial charge on any atom is -0.497 e. The number of aliphatic hydroxyl groups excluding tert-OH is 1. The zero-order chi connectivity index (χ0) is 30.2. The monoisotopic (exact) mass is 653 g/mol. The van der Waals surface area contributed by atoms with Gasteiger partial charge in [0.1, 0.15) is 11.8 Å². The highest BCUT2D eigenvalue weighted by Gasteiger charge is 2.76. The number of methoxy groups -OCH3 is 1. The molecule has 7 atom stereocenters. The van der Waals surface area contributed by atoms with Gasteiger partial charge in [0.15, 0.2) is 0 Å². The van der Waals surface area contributed by atoms with Gasteiger partial charge in [-0.15, -0.1) is 24.9 Å². The topological polar surface area (TPSA) is 90.4 Å². The molecule has 42 heavy (non-hydrogen) atoms. The van der Waals surface area contributed by atoms with Gasteiger partial charge in [0, 0.05) is 35.9 Å². The van der Waals surface area contributed by atoms with E-state index in [1.165, 1.54) is 0 Å². The van der Waals surface area contributed by atoms with E-state index in [0.29, 0.717) is 24.4 Å². The van der Waals surface area contributed by atoms with Gasteiger partial charge in [-0.1, -0.05) is 58.4 Å². The Bertz CT molecular complexity index is 1360. The van der Waals surface area contributed by atoms with Crippen LogP contribution in [0.1, 0.15) is 18.0 Å². The molecule has 3 unspecified atom stereocenters. The highest BCUT2D eigenvalue weighted by molar-refractivity contribution is 9.09. The van der Waals surface area contributed by atoms with Crippen molar-refractivity contribution in [3.8, 4) is 5.75 Å². The van der Waals surface area contributed by atoms with Crippen molar-refractivity contribution in [2.75, 3.05) is 38.8 Å². The number of rotatable bonds is 11. The van der Waals surface area contributed by atoms with Gasteiger partial charge in [-0.2, -0.15) is 0 Å². The number of fused-ring (bicyclic) bond motifs is 1. The van der Waals surface area contributed by atoms with Gasteiger partial charge < -0.3 is 24.5 Å². The molecule has 3 aliphatic heterocycles. The first-order chi connectivity index (χ1) is 20.2. The Balaban J connectivity index is 1.65. The number of carbonyl (C=O) groups is 3. The third kappa shape index (κ3) is 4.87. The SMILES string of the molecule is C=CCN(C)C(=O)[C@H]1[C@H]2C(=O)N([C@H](CO)c3ccccc3)C(C(=O)N(CC=C)c3ccc(OC)cc3)C23CC(Br)[C@@H]1S3. The summed E-state index contributed by atoms with van der Waals surface area (Å²) in [7, 11) is 3.29.